The molecule has 24 heavy (non-hydrogen) atoms. The maximum Gasteiger partial charge on any atom is 0.253 e. The van der Waals surface area contributed by atoms with Crippen LogP contribution in [-0.4, -0.2) is 37.3 Å². The summed E-state index contributed by atoms with van der Waals surface area (Å²) < 4.78 is 28.4. The van der Waals surface area contributed by atoms with E-state index in [1.165, 1.54) is 11.3 Å². The van der Waals surface area contributed by atoms with Gasteiger partial charge in [-0.3, -0.25) is 4.98 Å². The van der Waals surface area contributed by atoms with Gasteiger partial charge in [0.15, 0.2) is 0 Å². The van der Waals surface area contributed by atoms with Gasteiger partial charge in [-0.1, -0.05) is 26.8 Å². The average molecular weight is 366 g/mol. The fourth-order valence-corrected chi connectivity index (χ4v) is 5.91. The van der Waals surface area contributed by atoms with Crippen molar-refractivity contribution in [3.63, 3.8) is 0 Å². The van der Waals surface area contributed by atoms with E-state index in [9.17, 15) is 8.42 Å². The van der Waals surface area contributed by atoms with Crippen LogP contribution in [-0.2, 0) is 15.4 Å². The van der Waals surface area contributed by atoms with Crippen LogP contribution in [0, 0.1) is 0 Å². The summed E-state index contributed by atoms with van der Waals surface area (Å²) in [6.07, 6.45) is 3.45. The van der Waals surface area contributed by atoms with Crippen LogP contribution in [0.3, 0.4) is 0 Å². The number of thiophene rings is 1. The van der Waals surface area contributed by atoms with Crippen molar-refractivity contribution in [2.75, 3.05) is 19.6 Å². The maximum absolute atomic E-state index is 13.2. The van der Waals surface area contributed by atoms with Gasteiger partial charge in [0.05, 0.1) is 6.04 Å². The normalized spacial score (nSPS) is 20.2. The third-order valence-electron chi connectivity index (χ3n) is 4.15. The number of sulfonamides is 1. The first kappa shape index (κ1) is 17.5. The second-order valence-corrected chi connectivity index (χ2v) is 10.2. The monoisotopic (exact) mass is 365 g/mol. The Hall–Kier alpha value is -1.28. The fraction of sp³-hybridized carbons (Fsp3) is 0.471. The van der Waals surface area contributed by atoms with E-state index in [0.29, 0.717) is 23.8 Å². The molecule has 0 aliphatic carbocycles. The second-order valence-electron chi connectivity index (χ2n) is 6.99. The Morgan fingerprint density at radius 2 is 2.08 bits per heavy atom. The molecule has 0 bridgehead atoms. The summed E-state index contributed by atoms with van der Waals surface area (Å²) in [5, 5.41) is 3.29. The molecule has 2 aromatic heterocycles. The van der Waals surface area contributed by atoms with Crippen molar-refractivity contribution in [1.82, 2.24) is 14.6 Å². The van der Waals surface area contributed by atoms with E-state index < -0.39 is 10.0 Å². The van der Waals surface area contributed by atoms with Crippen LogP contribution >= 0.6 is 11.3 Å². The zero-order valence-corrected chi connectivity index (χ0v) is 15.8. The molecule has 1 atom stereocenters. The van der Waals surface area contributed by atoms with Crippen molar-refractivity contribution in [1.29, 1.82) is 0 Å². The molecule has 2 aromatic rings. The number of pyridine rings is 1. The van der Waals surface area contributed by atoms with Gasteiger partial charge >= 0.3 is 0 Å². The lowest BCUT2D eigenvalue weighted by molar-refractivity contribution is 0.271. The predicted molar refractivity (Wildman–Crippen MR) is 96.8 cm³/mol. The van der Waals surface area contributed by atoms with E-state index in [0.717, 1.165) is 10.4 Å². The second kappa shape index (κ2) is 6.55. The van der Waals surface area contributed by atoms with Gasteiger partial charge in [0.1, 0.15) is 4.21 Å². The first-order valence-electron chi connectivity index (χ1n) is 8.03. The lowest BCUT2D eigenvalue weighted by Crippen LogP contribution is -2.48. The number of nitrogens with zero attached hydrogens (tertiary/aromatic N) is 2. The van der Waals surface area contributed by atoms with Crippen molar-refractivity contribution < 1.29 is 8.42 Å². The molecule has 130 valence electrons. The highest BCUT2D eigenvalue weighted by Crippen LogP contribution is 2.35. The minimum absolute atomic E-state index is 0.0510. The number of piperazine rings is 1. The Morgan fingerprint density at radius 1 is 1.29 bits per heavy atom. The Balaban J connectivity index is 1.96. The highest BCUT2D eigenvalue weighted by Gasteiger charge is 2.35. The molecule has 7 heteroatoms. The molecule has 1 saturated heterocycles. The van der Waals surface area contributed by atoms with E-state index in [1.807, 2.05) is 18.2 Å². The summed E-state index contributed by atoms with van der Waals surface area (Å²) in [5.74, 6) is 0. The van der Waals surface area contributed by atoms with Crippen molar-refractivity contribution in [2.24, 2.45) is 0 Å². The lowest BCUT2D eigenvalue weighted by atomic mass is 9.95. The van der Waals surface area contributed by atoms with Gasteiger partial charge in [-0.25, -0.2) is 8.42 Å². The van der Waals surface area contributed by atoms with Crippen molar-refractivity contribution in [3.05, 3.63) is 47.1 Å². The van der Waals surface area contributed by atoms with Crippen LogP contribution in [0.2, 0.25) is 0 Å². The molecule has 3 rings (SSSR count). The molecule has 0 radical (unpaired) electrons. The molecule has 5 nitrogen and oxygen atoms in total. The molecule has 1 N–H and O–H groups in total. The minimum Gasteiger partial charge on any atom is -0.313 e. The Morgan fingerprint density at radius 3 is 2.71 bits per heavy atom. The van der Waals surface area contributed by atoms with Gasteiger partial charge in [-0.05, 0) is 29.2 Å². The van der Waals surface area contributed by atoms with E-state index in [2.05, 4.69) is 31.1 Å². The summed E-state index contributed by atoms with van der Waals surface area (Å²) in [5.41, 5.74) is 0.867. The Labute approximate surface area is 147 Å². The van der Waals surface area contributed by atoms with E-state index in [-0.39, 0.29) is 11.5 Å². The predicted octanol–water partition coefficient (Wildman–Crippen LogP) is 2.78. The number of hydrogen-bond donors (Lipinski definition) is 1. The van der Waals surface area contributed by atoms with E-state index in [1.54, 1.807) is 22.8 Å². The van der Waals surface area contributed by atoms with Gasteiger partial charge in [-0.2, -0.15) is 4.31 Å². The molecule has 0 amide bonds. The number of nitrogens with one attached hydrogen (secondary N) is 1. The smallest absolute Gasteiger partial charge is 0.253 e. The Kier molecular flexibility index (Phi) is 4.79. The summed E-state index contributed by atoms with van der Waals surface area (Å²) in [6.45, 7) is 8.01. The molecular weight excluding hydrogens is 342 g/mol. The number of hydrogen-bond acceptors (Lipinski definition) is 5. The number of aromatic nitrogens is 1. The van der Waals surface area contributed by atoms with Crippen molar-refractivity contribution in [2.45, 2.75) is 36.4 Å². The Bertz CT molecular complexity index is 795. The lowest BCUT2D eigenvalue weighted by Gasteiger charge is -2.34. The van der Waals surface area contributed by atoms with Crippen LogP contribution in [0.25, 0.3) is 0 Å². The van der Waals surface area contributed by atoms with Crippen LogP contribution in [0.5, 0.6) is 0 Å². The summed E-state index contributed by atoms with van der Waals surface area (Å²) in [7, 11) is -3.51. The molecule has 1 fully saturated rings. The van der Waals surface area contributed by atoms with Gasteiger partial charge in [0.25, 0.3) is 10.0 Å². The largest absolute Gasteiger partial charge is 0.313 e. The number of rotatable bonds is 3. The summed E-state index contributed by atoms with van der Waals surface area (Å²) in [4.78, 5) is 5.22. The highest BCUT2D eigenvalue weighted by molar-refractivity contribution is 7.91. The van der Waals surface area contributed by atoms with Crippen LogP contribution in [0.1, 0.15) is 37.3 Å². The first-order chi connectivity index (χ1) is 11.3. The molecule has 0 aromatic carbocycles. The maximum atomic E-state index is 13.2. The topological polar surface area (TPSA) is 62.3 Å². The van der Waals surface area contributed by atoms with Gasteiger partial charge in [-0.15, -0.1) is 11.3 Å². The SMILES string of the molecule is CC(C)(C)c1ccc(S(=O)(=O)N2CCNCC2c2cccnc2)s1. The zero-order chi connectivity index (χ0) is 17.4. The van der Waals surface area contributed by atoms with E-state index in [4.69, 9.17) is 0 Å². The van der Waals surface area contributed by atoms with Crippen molar-refractivity contribution >= 4 is 21.4 Å². The highest BCUT2D eigenvalue weighted by atomic mass is 32.2. The van der Waals surface area contributed by atoms with Crippen LogP contribution in [0.15, 0.2) is 40.9 Å². The molecule has 0 saturated carbocycles. The van der Waals surface area contributed by atoms with Gasteiger partial charge in [0, 0.05) is 36.9 Å². The molecule has 0 spiro atoms. The standard InChI is InChI=1S/C17H23N3O2S2/c1-17(2,3)15-6-7-16(23-15)24(21,22)20-10-9-19-12-14(20)13-5-4-8-18-11-13/h4-8,11,14,19H,9-10,12H2,1-3H3. The third-order valence-corrected chi connectivity index (χ3v) is 8.03. The molecule has 1 unspecified atom stereocenters. The molecule has 3 heterocycles. The van der Waals surface area contributed by atoms with Crippen LogP contribution in [0.4, 0.5) is 0 Å². The average Bonchev–Trinajstić information content (AvgIpc) is 3.07. The zero-order valence-electron chi connectivity index (χ0n) is 14.2. The first-order valence-corrected chi connectivity index (χ1v) is 10.3. The molecule has 1 aliphatic heterocycles. The quantitative estimate of drug-likeness (QED) is 0.908. The van der Waals surface area contributed by atoms with Crippen LogP contribution < -0.4 is 5.32 Å². The summed E-state index contributed by atoms with van der Waals surface area (Å²) >= 11 is 1.37. The van der Waals surface area contributed by atoms with Gasteiger partial charge < -0.3 is 5.32 Å². The molecular formula is C17H23N3O2S2. The summed E-state index contributed by atoms with van der Waals surface area (Å²) in [6, 6.07) is 7.22. The van der Waals surface area contributed by atoms with E-state index >= 15 is 0 Å². The molecule has 1 aliphatic rings. The van der Waals surface area contributed by atoms with Gasteiger partial charge in [0.2, 0.25) is 0 Å². The van der Waals surface area contributed by atoms with Crippen molar-refractivity contribution in [3.8, 4) is 0 Å². The fourth-order valence-electron chi connectivity index (χ4n) is 2.81. The minimum atomic E-state index is -3.51. The third kappa shape index (κ3) is 3.39.